The zero-order valence-corrected chi connectivity index (χ0v) is 16.6. The first-order valence-corrected chi connectivity index (χ1v) is 9.95. The van der Waals surface area contributed by atoms with E-state index in [9.17, 15) is 9.90 Å². The molecular formula is C22H24ClNO4. The van der Waals surface area contributed by atoms with Crippen LogP contribution in [0.15, 0.2) is 42.5 Å². The van der Waals surface area contributed by atoms with E-state index in [0.717, 1.165) is 31.2 Å². The second kappa shape index (κ2) is 7.30. The van der Waals surface area contributed by atoms with Crippen LogP contribution in [0.4, 0.5) is 0 Å². The van der Waals surface area contributed by atoms with Gasteiger partial charge in [-0.3, -0.25) is 4.79 Å². The van der Waals surface area contributed by atoms with Crippen LogP contribution in [0, 0.1) is 0 Å². The Labute approximate surface area is 169 Å². The van der Waals surface area contributed by atoms with Crippen molar-refractivity contribution in [3.8, 4) is 11.5 Å². The lowest BCUT2D eigenvalue weighted by molar-refractivity contribution is -0.127. The molecule has 1 aliphatic heterocycles. The third-order valence-corrected chi connectivity index (χ3v) is 6.13. The van der Waals surface area contributed by atoms with E-state index in [1.165, 1.54) is 0 Å². The number of benzene rings is 2. The van der Waals surface area contributed by atoms with Crippen LogP contribution in [0.25, 0.3) is 0 Å². The van der Waals surface area contributed by atoms with Crippen molar-refractivity contribution >= 4 is 17.5 Å². The summed E-state index contributed by atoms with van der Waals surface area (Å²) in [6, 6.07) is 12.9. The molecular weight excluding hydrogens is 378 g/mol. The van der Waals surface area contributed by atoms with E-state index in [4.69, 9.17) is 21.1 Å². The number of ether oxygens (including phenoxy) is 2. The summed E-state index contributed by atoms with van der Waals surface area (Å²) in [4.78, 5) is 13.2. The maximum atomic E-state index is 13.2. The molecule has 1 fully saturated rings. The molecule has 2 aliphatic rings. The Morgan fingerprint density at radius 2 is 1.82 bits per heavy atom. The molecule has 1 saturated carbocycles. The van der Waals surface area contributed by atoms with Gasteiger partial charge in [0, 0.05) is 5.02 Å². The molecule has 2 aromatic rings. The molecule has 28 heavy (non-hydrogen) atoms. The minimum atomic E-state index is -1.23. The van der Waals surface area contributed by atoms with Crippen LogP contribution in [0.3, 0.4) is 0 Å². The van der Waals surface area contributed by atoms with Crippen LogP contribution >= 0.6 is 11.6 Å². The number of hydrogen-bond acceptors (Lipinski definition) is 4. The van der Waals surface area contributed by atoms with Crippen molar-refractivity contribution in [1.29, 1.82) is 0 Å². The highest BCUT2D eigenvalue weighted by Gasteiger charge is 2.43. The zero-order chi connectivity index (χ0) is 19.8. The lowest BCUT2D eigenvalue weighted by Gasteiger charge is -2.31. The highest BCUT2D eigenvalue weighted by atomic mass is 35.5. The van der Waals surface area contributed by atoms with Gasteiger partial charge < -0.3 is 19.9 Å². The second-order valence-corrected chi connectivity index (χ2v) is 8.26. The third kappa shape index (κ3) is 3.45. The number of carbonyl (C=O) groups excluding carboxylic acids is 1. The summed E-state index contributed by atoms with van der Waals surface area (Å²) in [5.74, 6) is 1.22. The molecule has 2 aromatic carbocycles. The Morgan fingerprint density at radius 3 is 2.54 bits per heavy atom. The van der Waals surface area contributed by atoms with Crippen LogP contribution in [0.5, 0.6) is 11.5 Å². The van der Waals surface area contributed by atoms with Crippen molar-refractivity contribution in [2.24, 2.45) is 0 Å². The minimum absolute atomic E-state index is 0.0478. The van der Waals surface area contributed by atoms with Crippen molar-refractivity contribution in [2.45, 2.75) is 43.6 Å². The summed E-state index contributed by atoms with van der Waals surface area (Å²) in [6.45, 7) is 1.98. The van der Waals surface area contributed by atoms with E-state index in [0.29, 0.717) is 22.1 Å². The van der Waals surface area contributed by atoms with Crippen molar-refractivity contribution in [3.05, 3.63) is 58.6 Å². The van der Waals surface area contributed by atoms with Crippen LogP contribution in [0.2, 0.25) is 5.02 Å². The third-order valence-electron chi connectivity index (χ3n) is 5.88. The molecule has 0 unspecified atom stereocenters. The first-order chi connectivity index (χ1) is 13.4. The van der Waals surface area contributed by atoms with E-state index in [1.54, 1.807) is 25.1 Å². The average Bonchev–Trinajstić information content (AvgIpc) is 3.36. The first-order valence-electron chi connectivity index (χ1n) is 9.58. The molecule has 2 N–H and O–H groups in total. The van der Waals surface area contributed by atoms with E-state index in [2.05, 4.69) is 5.32 Å². The molecule has 5 nitrogen and oxygen atoms in total. The molecule has 0 spiro atoms. The van der Waals surface area contributed by atoms with Crippen LogP contribution in [0.1, 0.15) is 43.7 Å². The summed E-state index contributed by atoms with van der Waals surface area (Å²) < 4.78 is 10.7. The van der Waals surface area contributed by atoms with Crippen molar-refractivity contribution in [3.63, 3.8) is 0 Å². The molecule has 4 rings (SSSR count). The van der Waals surface area contributed by atoms with Gasteiger partial charge in [-0.1, -0.05) is 42.6 Å². The molecule has 0 saturated heterocycles. The first kappa shape index (κ1) is 19.1. The molecule has 148 valence electrons. The van der Waals surface area contributed by atoms with Gasteiger partial charge in [-0.2, -0.15) is 0 Å². The monoisotopic (exact) mass is 401 g/mol. The van der Waals surface area contributed by atoms with Crippen LogP contribution in [-0.4, -0.2) is 24.4 Å². The fourth-order valence-corrected chi connectivity index (χ4v) is 4.28. The molecule has 1 atom stereocenters. The largest absolute Gasteiger partial charge is 0.454 e. The summed E-state index contributed by atoms with van der Waals surface area (Å²) in [7, 11) is 0. The summed E-state index contributed by atoms with van der Waals surface area (Å²) in [5.41, 5.74) is -0.134. The predicted molar refractivity (Wildman–Crippen MR) is 107 cm³/mol. The predicted octanol–water partition coefficient (Wildman–Crippen LogP) is 3.90. The van der Waals surface area contributed by atoms with Gasteiger partial charge >= 0.3 is 0 Å². The van der Waals surface area contributed by atoms with Crippen LogP contribution in [-0.2, 0) is 15.8 Å². The maximum absolute atomic E-state index is 13.2. The van der Waals surface area contributed by atoms with Gasteiger partial charge in [-0.25, -0.2) is 0 Å². The van der Waals surface area contributed by atoms with Crippen LogP contribution < -0.4 is 14.8 Å². The van der Waals surface area contributed by atoms with Crippen molar-refractivity contribution in [2.75, 3.05) is 13.3 Å². The van der Waals surface area contributed by atoms with Gasteiger partial charge in [0.1, 0.15) is 5.60 Å². The number of carbonyl (C=O) groups is 1. The van der Waals surface area contributed by atoms with Gasteiger partial charge in [0.25, 0.3) is 0 Å². The summed E-state index contributed by atoms with van der Waals surface area (Å²) in [6.07, 6.45) is 3.61. The Kier molecular flexibility index (Phi) is 4.98. The molecule has 1 heterocycles. The zero-order valence-electron chi connectivity index (χ0n) is 15.8. The van der Waals surface area contributed by atoms with E-state index >= 15 is 0 Å². The average molecular weight is 402 g/mol. The number of nitrogens with one attached hydrogen (secondary N) is 1. The quantitative estimate of drug-likeness (QED) is 0.797. The van der Waals surface area contributed by atoms with E-state index in [-0.39, 0.29) is 19.2 Å². The SMILES string of the molecule is C[C@](O)(CNC(=O)C1(c2ccc(Cl)cc2)CCCC1)c1ccc2c(c1)OCO2. The molecule has 0 bridgehead atoms. The maximum Gasteiger partial charge on any atom is 0.231 e. The summed E-state index contributed by atoms with van der Waals surface area (Å²) >= 11 is 6.02. The van der Waals surface area contributed by atoms with Gasteiger partial charge in [0.15, 0.2) is 11.5 Å². The number of halogens is 1. The Hall–Kier alpha value is -2.24. The second-order valence-electron chi connectivity index (χ2n) is 7.82. The normalized spacial score (nSPS) is 19.2. The lowest BCUT2D eigenvalue weighted by Crippen LogP contribution is -2.47. The fraction of sp³-hybridized carbons (Fsp3) is 0.409. The van der Waals surface area contributed by atoms with Gasteiger partial charge in [-0.15, -0.1) is 0 Å². The summed E-state index contributed by atoms with van der Waals surface area (Å²) in [5, 5.41) is 14.6. The molecule has 1 amide bonds. The molecule has 0 aromatic heterocycles. The topological polar surface area (TPSA) is 67.8 Å². The van der Waals surface area contributed by atoms with E-state index < -0.39 is 11.0 Å². The smallest absolute Gasteiger partial charge is 0.231 e. The number of fused-ring (bicyclic) bond motifs is 1. The lowest BCUT2D eigenvalue weighted by atomic mass is 9.78. The number of amides is 1. The Bertz CT molecular complexity index is 873. The molecule has 6 heteroatoms. The van der Waals surface area contributed by atoms with E-state index in [1.807, 2.05) is 24.3 Å². The van der Waals surface area contributed by atoms with Gasteiger partial charge in [-0.05, 0) is 55.2 Å². The molecule has 1 aliphatic carbocycles. The Balaban J connectivity index is 1.51. The molecule has 0 radical (unpaired) electrons. The van der Waals surface area contributed by atoms with Crippen molar-refractivity contribution < 1.29 is 19.4 Å². The van der Waals surface area contributed by atoms with Gasteiger partial charge in [0.05, 0.1) is 12.0 Å². The highest BCUT2D eigenvalue weighted by Crippen LogP contribution is 2.42. The van der Waals surface area contributed by atoms with Crippen molar-refractivity contribution in [1.82, 2.24) is 5.32 Å². The number of hydrogen-bond donors (Lipinski definition) is 2. The minimum Gasteiger partial charge on any atom is -0.454 e. The standard InChI is InChI=1S/C22H24ClNO4/c1-21(26,16-6-9-18-19(12-16)28-14-27-18)13-24-20(25)22(10-2-3-11-22)15-4-7-17(23)8-5-15/h4-9,12,26H,2-3,10-11,13-14H2,1H3,(H,24,25)/t21-/m0/s1. The van der Waals surface area contributed by atoms with Gasteiger partial charge in [0.2, 0.25) is 12.7 Å². The number of rotatable bonds is 5. The Morgan fingerprint density at radius 1 is 1.14 bits per heavy atom. The fourth-order valence-electron chi connectivity index (χ4n) is 4.15. The number of aliphatic hydroxyl groups is 1. The highest BCUT2D eigenvalue weighted by molar-refractivity contribution is 6.30.